The Labute approximate surface area is 49.9 Å². The molecular formula is C5H14O3. The zero-order valence-corrected chi connectivity index (χ0v) is 4.46. The second kappa shape index (κ2) is 5.03. The highest BCUT2D eigenvalue weighted by atomic mass is 16.6. The lowest BCUT2D eigenvalue weighted by Crippen LogP contribution is -2.23. The van der Waals surface area contributed by atoms with Crippen LogP contribution in [0.1, 0.15) is 14.4 Å². The Bertz CT molecular complexity index is 44.9. The summed E-state index contributed by atoms with van der Waals surface area (Å²) in [5, 5.41) is 16.9. The normalized spacial score (nSPS) is 16.5. The molecule has 0 radical (unpaired) electrons. The Kier molecular flexibility index (Phi) is 6.78. The summed E-state index contributed by atoms with van der Waals surface area (Å²) in [5.41, 5.74) is 0. The molecular weight excluding hydrogens is 108 g/mol. The van der Waals surface area contributed by atoms with Crippen LogP contribution in [0.25, 0.3) is 0 Å². The third kappa shape index (κ3) is 4.05. The number of aliphatic hydroxyl groups excluding tert-OH is 2. The number of hydrogen-bond acceptors (Lipinski definition) is 3. The summed E-state index contributed by atoms with van der Waals surface area (Å²) in [6.07, 6.45) is -1.84. The average molecular weight is 122 g/mol. The predicted octanol–water partition coefficient (Wildman–Crippen LogP) is -0.0319. The molecule has 0 aliphatic heterocycles. The Hall–Kier alpha value is -0.120. The first-order valence-electron chi connectivity index (χ1n) is 2.07. The molecule has 0 aliphatic carbocycles. The number of hydrogen-bond donors (Lipinski definition) is 2. The van der Waals surface area contributed by atoms with Crippen LogP contribution in [-0.2, 0) is 4.74 Å². The first kappa shape index (κ1) is 10.8. The lowest BCUT2D eigenvalue weighted by Gasteiger charge is -2.09. The molecule has 0 aromatic rings. The molecule has 3 nitrogen and oxygen atoms in total. The van der Waals surface area contributed by atoms with Crippen molar-refractivity contribution in [1.29, 1.82) is 0 Å². The van der Waals surface area contributed by atoms with E-state index < -0.39 is 12.4 Å². The van der Waals surface area contributed by atoms with Crippen LogP contribution in [0.2, 0.25) is 0 Å². The van der Waals surface area contributed by atoms with Gasteiger partial charge in [-0.3, -0.25) is 0 Å². The fraction of sp³-hybridized carbons (Fsp3) is 1.00. The third-order valence-electron chi connectivity index (χ3n) is 0.654. The van der Waals surface area contributed by atoms with Gasteiger partial charge in [-0.25, -0.2) is 0 Å². The fourth-order valence-corrected chi connectivity index (χ4v) is 0.197. The van der Waals surface area contributed by atoms with Gasteiger partial charge < -0.3 is 14.9 Å². The van der Waals surface area contributed by atoms with E-state index in [0.29, 0.717) is 0 Å². The standard InChI is InChI=1S/C4H10O3.CH4/c1-3(5)4(6)7-2;/h3-6H,1-2H3;1H4. The van der Waals surface area contributed by atoms with Gasteiger partial charge in [0.25, 0.3) is 0 Å². The van der Waals surface area contributed by atoms with E-state index in [9.17, 15) is 0 Å². The molecule has 2 unspecified atom stereocenters. The zero-order valence-electron chi connectivity index (χ0n) is 4.46. The SMILES string of the molecule is C.COC(O)C(C)O. The van der Waals surface area contributed by atoms with E-state index in [-0.39, 0.29) is 7.43 Å². The minimum atomic E-state index is -1.04. The van der Waals surface area contributed by atoms with Crippen molar-refractivity contribution in [3.8, 4) is 0 Å². The van der Waals surface area contributed by atoms with Gasteiger partial charge in [-0.05, 0) is 6.92 Å². The van der Waals surface area contributed by atoms with Crippen LogP contribution in [0.4, 0.5) is 0 Å². The van der Waals surface area contributed by atoms with Crippen molar-refractivity contribution in [3.63, 3.8) is 0 Å². The van der Waals surface area contributed by atoms with E-state index in [2.05, 4.69) is 4.74 Å². The second-order valence-corrected chi connectivity index (χ2v) is 1.37. The Morgan fingerprint density at radius 2 is 1.75 bits per heavy atom. The Morgan fingerprint density at radius 3 is 1.75 bits per heavy atom. The van der Waals surface area contributed by atoms with Gasteiger partial charge in [-0.15, -0.1) is 0 Å². The van der Waals surface area contributed by atoms with E-state index in [1.165, 1.54) is 14.0 Å². The first-order chi connectivity index (χ1) is 3.18. The van der Waals surface area contributed by atoms with Crippen LogP contribution in [0.3, 0.4) is 0 Å². The summed E-state index contributed by atoms with van der Waals surface area (Å²) in [6.45, 7) is 1.45. The van der Waals surface area contributed by atoms with Crippen LogP contribution in [0, 0.1) is 0 Å². The van der Waals surface area contributed by atoms with Crippen LogP contribution >= 0.6 is 0 Å². The highest BCUT2D eigenvalue weighted by Gasteiger charge is 2.06. The molecule has 0 aliphatic rings. The number of ether oxygens (including phenoxy) is 1. The smallest absolute Gasteiger partial charge is 0.180 e. The van der Waals surface area contributed by atoms with Crippen molar-refractivity contribution in [3.05, 3.63) is 0 Å². The zero-order chi connectivity index (χ0) is 5.86. The number of methoxy groups -OCH3 is 1. The van der Waals surface area contributed by atoms with Gasteiger partial charge in [0.1, 0.15) is 6.10 Å². The summed E-state index contributed by atoms with van der Waals surface area (Å²) in [6, 6.07) is 0. The molecule has 8 heavy (non-hydrogen) atoms. The molecule has 0 bridgehead atoms. The number of rotatable bonds is 2. The van der Waals surface area contributed by atoms with E-state index in [0.717, 1.165) is 0 Å². The maximum absolute atomic E-state index is 8.46. The van der Waals surface area contributed by atoms with Crippen molar-refractivity contribution < 1.29 is 14.9 Å². The molecule has 0 saturated carbocycles. The molecule has 52 valence electrons. The van der Waals surface area contributed by atoms with Crippen molar-refractivity contribution in [2.24, 2.45) is 0 Å². The van der Waals surface area contributed by atoms with Crippen LogP contribution in [0.15, 0.2) is 0 Å². The molecule has 0 fully saturated rings. The summed E-state index contributed by atoms with van der Waals surface area (Å²) in [7, 11) is 1.33. The minimum absolute atomic E-state index is 0. The van der Waals surface area contributed by atoms with Gasteiger partial charge in [0, 0.05) is 7.11 Å². The molecule has 0 heterocycles. The molecule has 2 atom stereocenters. The fourth-order valence-electron chi connectivity index (χ4n) is 0.197. The molecule has 0 spiro atoms. The second-order valence-electron chi connectivity index (χ2n) is 1.37. The largest absolute Gasteiger partial charge is 0.388 e. The van der Waals surface area contributed by atoms with E-state index in [4.69, 9.17) is 10.2 Å². The quantitative estimate of drug-likeness (QED) is 0.505. The molecule has 0 aromatic carbocycles. The summed E-state index contributed by atoms with van der Waals surface area (Å²) < 4.78 is 4.32. The highest BCUT2D eigenvalue weighted by molar-refractivity contribution is 4.45. The van der Waals surface area contributed by atoms with Gasteiger partial charge in [0.15, 0.2) is 6.29 Å². The van der Waals surface area contributed by atoms with Gasteiger partial charge in [0.05, 0.1) is 0 Å². The Balaban J connectivity index is 0. The van der Waals surface area contributed by atoms with Crippen LogP contribution < -0.4 is 0 Å². The topological polar surface area (TPSA) is 49.7 Å². The lowest BCUT2D eigenvalue weighted by atomic mass is 10.4. The predicted molar refractivity (Wildman–Crippen MR) is 31.4 cm³/mol. The van der Waals surface area contributed by atoms with Crippen LogP contribution in [-0.4, -0.2) is 29.7 Å². The van der Waals surface area contributed by atoms with Crippen molar-refractivity contribution >= 4 is 0 Å². The first-order valence-corrected chi connectivity index (χ1v) is 2.07. The minimum Gasteiger partial charge on any atom is -0.388 e. The number of aliphatic hydroxyl groups is 2. The maximum Gasteiger partial charge on any atom is 0.180 e. The third-order valence-corrected chi connectivity index (χ3v) is 0.654. The van der Waals surface area contributed by atoms with Gasteiger partial charge in [-0.1, -0.05) is 7.43 Å². The van der Waals surface area contributed by atoms with Gasteiger partial charge >= 0.3 is 0 Å². The molecule has 0 aromatic heterocycles. The van der Waals surface area contributed by atoms with Crippen LogP contribution in [0.5, 0.6) is 0 Å². The van der Waals surface area contributed by atoms with Crippen molar-refractivity contribution in [2.45, 2.75) is 26.7 Å². The summed E-state index contributed by atoms with van der Waals surface area (Å²) >= 11 is 0. The Morgan fingerprint density at radius 1 is 1.38 bits per heavy atom. The molecule has 0 saturated heterocycles. The van der Waals surface area contributed by atoms with E-state index in [1.807, 2.05) is 0 Å². The molecule has 3 heteroatoms. The summed E-state index contributed by atoms with van der Waals surface area (Å²) in [5.74, 6) is 0. The van der Waals surface area contributed by atoms with Gasteiger partial charge in [0.2, 0.25) is 0 Å². The van der Waals surface area contributed by atoms with E-state index >= 15 is 0 Å². The molecule has 0 amide bonds. The van der Waals surface area contributed by atoms with Gasteiger partial charge in [-0.2, -0.15) is 0 Å². The van der Waals surface area contributed by atoms with Crippen molar-refractivity contribution in [2.75, 3.05) is 7.11 Å². The monoisotopic (exact) mass is 122 g/mol. The molecule has 2 N–H and O–H groups in total. The average Bonchev–Trinajstić information content (AvgIpc) is 1.65. The lowest BCUT2D eigenvalue weighted by molar-refractivity contribution is -0.137. The molecule has 0 rings (SSSR count). The van der Waals surface area contributed by atoms with Crippen molar-refractivity contribution in [1.82, 2.24) is 0 Å². The van der Waals surface area contributed by atoms with E-state index in [1.54, 1.807) is 0 Å². The highest BCUT2D eigenvalue weighted by Crippen LogP contribution is 1.89. The maximum atomic E-state index is 8.46. The summed E-state index contributed by atoms with van der Waals surface area (Å²) in [4.78, 5) is 0.